The third kappa shape index (κ3) is 6.33. The summed E-state index contributed by atoms with van der Waals surface area (Å²) in [6.45, 7) is 3.56. The Morgan fingerprint density at radius 2 is 2.14 bits per heavy atom. The highest BCUT2D eigenvalue weighted by atomic mass is 35.5. The first-order valence-corrected chi connectivity index (χ1v) is 7.29. The molecule has 0 saturated carbocycles. The van der Waals surface area contributed by atoms with Gasteiger partial charge in [-0.2, -0.15) is 0 Å². The summed E-state index contributed by atoms with van der Waals surface area (Å²) >= 11 is 6.05. The first-order valence-electron chi connectivity index (χ1n) is 6.91. The molecular formula is C15H23ClN2O3. The van der Waals surface area contributed by atoms with E-state index in [2.05, 4.69) is 22.3 Å². The number of hydrogen-bond donors (Lipinski definition) is 2. The van der Waals surface area contributed by atoms with Crippen molar-refractivity contribution >= 4 is 17.7 Å². The van der Waals surface area contributed by atoms with Crippen LogP contribution in [0.3, 0.4) is 0 Å². The van der Waals surface area contributed by atoms with Gasteiger partial charge < -0.3 is 20.1 Å². The Hall–Kier alpha value is -1.30. The van der Waals surface area contributed by atoms with Crippen LogP contribution in [0.2, 0.25) is 5.02 Å². The zero-order chi connectivity index (χ0) is 15.7. The normalized spacial score (nSPS) is 12.0. The van der Waals surface area contributed by atoms with E-state index in [1.54, 1.807) is 0 Å². The molecule has 1 amide bonds. The van der Waals surface area contributed by atoms with Gasteiger partial charge in [-0.1, -0.05) is 17.7 Å². The lowest BCUT2D eigenvalue weighted by atomic mass is 9.99. The molecule has 0 aliphatic heterocycles. The minimum atomic E-state index is -0.443. The number of rotatable bonds is 8. The Morgan fingerprint density at radius 3 is 2.81 bits per heavy atom. The highest BCUT2D eigenvalue weighted by Crippen LogP contribution is 2.24. The monoisotopic (exact) mass is 314 g/mol. The summed E-state index contributed by atoms with van der Waals surface area (Å²) in [5, 5.41) is 6.57. The number of halogens is 1. The van der Waals surface area contributed by atoms with Gasteiger partial charge in [0.2, 0.25) is 0 Å². The van der Waals surface area contributed by atoms with E-state index in [9.17, 15) is 4.79 Å². The van der Waals surface area contributed by atoms with E-state index in [-0.39, 0.29) is 6.04 Å². The van der Waals surface area contributed by atoms with Crippen LogP contribution in [0, 0.1) is 6.92 Å². The van der Waals surface area contributed by atoms with Crippen LogP contribution >= 0.6 is 11.6 Å². The molecule has 0 aliphatic carbocycles. The maximum atomic E-state index is 10.8. The molecule has 0 saturated heterocycles. The number of alkyl carbamates (subject to hydrolysis) is 1. The molecular weight excluding hydrogens is 292 g/mol. The smallest absolute Gasteiger partial charge is 0.406 e. The number of ether oxygens (including phenoxy) is 2. The van der Waals surface area contributed by atoms with E-state index in [4.69, 9.17) is 16.3 Å². The molecule has 0 radical (unpaired) electrons. The molecule has 0 aliphatic rings. The SMILES string of the molecule is CNC(CCOCCNC(=O)OC)c1cc(Cl)ccc1C. The molecule has 0 bridgehead atoms. The highest BCUT2D eigenvalue weighted by molar-refractivity contribution is 6.30. The lowest BCUT2D eigenvalue weighted by molar-refractivity contribution is 0.121. The van der Waals surface area contributed by atoms with Crippen LogP contribution in [0.15, 0.2) is 18.2 Å². The number of aryl methyl sites for hydroxylation is 1. The molecule has 21 heavy (non-hydrogen) atoms. The van der Waals surface area contributed by atoms with Crippen molar-refractivity contribution in [1.29, 1.82) is 0 Å². The van der Waals surface area contributed by atoms with E-state index >= 15 is 0 Å². The van der Waals surface area contributed by atoms with Gasteiger partial charge in [0.05, 0.1) is 13.7 Å². The Bertz CT molecular complexity index is 455. The van der Waals surface area contributed by atoms with E-state index in [0.717, 1.165) is 11.4 Å². The fourth-order valence-corrected chi connectivity index (χ4v) is 2.22. The van der Waals surface area contributed by atoms with Crippen LogP contribution in [0.1, 0.15) is 23.6 Å². The van der Waals surface area contributed by atoms with Crippen LogP contribution in [-0.4, -0.2) is 40.0 Å². The average Bonchev–Trinajstić information content (AvgIpc) is 2.49. The van der Waals surface area contributed by atoms with Gasteiger partial charge in [0.15, 0.2) is 0 Å². The van der Waals surface area contributed by atoms with Gasteiger partial charge in [-0.15, -0.1) is 0 Å². The number of carbonyl (C=O) groups excluding carboxylic acids is 1. The van der Waals surface area contributed by atoms with Gasteiger partial charge >= 0.3 is 6.09 Å². The molecule has 2 N–H and O–H groups in total. The van der Waals surface area contributed by atoms with Crippen LogP contribution in [0.4, 0.5) is 4.79 Å². The van der Waals surface area contributed by atoms with E-state index in [1.807, 2.05) is 25.2 Å². The number of benzene rings is 1. The van der Waals surface area contributed by atoms with Crippen LogP contribution in [0.25, 0.3) is 0 Å². The number of hydrogen-bond acceptors (Lipinski definition) is 4. The van der Waals surface area contributed by atoms with Crippen molar-refractivity contribution < 1.29 is 14.3 Å². The second-order valence-electron chi connectivity index (χ2n) is 4.66. The minimum Gasteiger partial charge on any atom is -0.453 e. The largest absolute Gasteiger partial charge is 0.453 e. The van der Waals surface area contributed by atoms with E-state index in [1.165, 1.54) is 18.2 Å². The van der Waals surface area contributed by atoms with Gasteiger partial charge in [-0.25, -0.2) is 4.79 Å². The standard InChI is InChI=1S/C15H23ClN2O3/c1-11-4-5-12(16)10-13(11)14(17-2)6-8-21-9-7-18-15(19)20-3/h4-5,10,14,17H,6-9H2,1-3H3,(H,18,19). The van der Waals surface area contributed by atoms with Gasteiger partial charge in [-0.05, 0) is 43.7 Å². The fraction of sp³-hybridized carbons (Fsp3) is 0.533. The molecule has 0 fully saturated rings. The van der Waals surface area contributed by atoms with Crippen molar-refractivity contribution in [3.05, 3.63) is 34.3 Å². The Kier molecular flexibility index (Phi) is 8.12. The number of carbonyl (C=O) groups is 1. The van der Waals surface area contributed by atoms with E-state index < -0.39 is 6.09 Å². The first-order chi connectivity index (χ1) is 10.1. The first kappa shape index (κ1) is 17.8. The third-order valence-electron chi connectivity index (χ3n) is 3.22. The van der Waals surface area contributed by atoms with Crippen molar-refractivity contribution in [3.8, 4) is 0 Å². The Morgan fingerprint density at radius 1 is 1.38 bits per heavy atom. The van der Waals surface area contributed by atoms with E-state index in [0.29, 0.717) is 19.8 Å². The van der Waals surface area contributed by atoms with Crippen LogP contribution in [-0.2, 0) is 9.47 Å². The topological polar surface area (TPSA) is 59.6 Å². The van der Waals surface area contributed by atoms with Crippen molar-refractivity contribution in [2.75, 3.05) is 33.9 Å². The van der Waals surface area contributed by atoms with Crippen molar-refractivity contribution in [3.63, 3.8) is 0 Å². The molecule has 1 unspecified atom stereocenters. The predicted octanol–water partition coefficient (Wildman–Crippen LogP) is 2.67. The summed E-state index contributed by atoms with van der Waals surface area (Å²) in [4.78, 5) is 10.8. The average molecular weight is 315 g/mol. The van der Waals surface area contributed by atoms with Gasteiger partial charge in [0.1, 0.15) is 0 Å². The Labute approximate surface area is 131 Å². The summed E-state index contributed by atoms with van der Waals surface area (Å²) in [7, 11) is 3.25. The molecule has 1 atom stereocenters. The highest BCUT2D eigenvalue weighted by Gasteiger charge is 2.12. The number of amides is 1. The summed E-state index contributed by atoms with van der Waals surface area (Å²) in [6.07, 6.45) is 0.386. The molecule has 6 heteroatoms. The van der Waals surface area contributed by atoms with Crippen LogP contribution in [0.5, 0.6) is 0 Å². The summed E-state index contributed by atoms with van der Waals surface area (Å²) in [6, 6.07) is 6.08. The zero-order valence-electron chi connectivity index (χ0n) is 12.7. The van der Waals surface area contributed by atoms with Crippen molar-refractivity contribution in [2.24, 2.45) is 0 Å². The lowest BCUT2D eigenvalue weighted by Crippen LogP contribution is -2.27. The molecule has 5 nitrogen and oxygen atoms in total. The predicted molar refractivity (Wildman–Crippen MR) is 83.8 cm³/mol. The minimum absolute atomic E-state index is 0.192. The second-order valence-corrected chi connectivity index (χ2v) is 5.10. The summed E-state index contributed by atoms with van der Waals surface area (Å²) < 4.78 is 9.98. The number of methoxy groups -OCH3 is 1. The fourth-order valence-electron chi connectivity index (χ4n) is 2.04. The van der Waals surface area contributed by atoms with Crippen LogP contribution < -0.4 is 10.6 Å². The molecule has 1 aromatic rings. The Balaban J connectivity index is 2.35. The van der Waals surface area contributed by atoms with Gasteiger partial charge in [-0.3, -0.25) is 0 Å². The maximum Gasteiger partial charge on any atom is 0.406 e. The van der Waals surface area contributed by atoms with Crippen molar-refractivity contribution in [1.82, 2.24) is 10.6 Å². The zero-order valence-corrected chi connectivity index (χ0v) is 13.5. The molecule has 0 aromatic heterocycles. The summed E-state index contributed by atoms with van der Waals surface area (Å²) in [5.41, 5.74) is 2.38. The quantitative estimate of drug-likeness (QED) is 0.724. The van der Waals surface area contributed by atoms with Gasteiger partial charge in [0, 0.05) is 24.2 Å². The lowest BCUT2D eigenvalue weighted by Gasteiger charge is -2.19. The molecule has 0 heterocycles. The second kappa shape index (κ2) is 9.60. The summed E-state index contributed by atoms with van der Waals surface area (Å²) in [5.74, 6) is 0. The van der Waals surface area contributed by atoms with Gasteiger partial charge in [0.25, 0.3) is 0 Å². The number of nitrogens with one attached hydrogen (secondary N) is 2. The molecule has 1 aromatic carbocycles. The molecule has 0 spiro atoms. The van der Waals surface area contributed by atoms with Crippen molar-refractivity contribution in [2.45, 2.75) is 19.4 Å². The molecule has 1 rings (SSSR count). The third-order valence-corrected chi connectivity index (χ3v) is 3.45. The molecule has 118 valence electrons. The maximum absolute atomic E-state index is 10.8.